The number of sulfonamides is 1. The van der Waals surface area contributed by atoms with Gasteiger partial charge in [-0.05, 0) is 43.5 Å². The van der Waals surface area contributed by atoms with E-state index in [1.54, 1.807) is 24.3 Å². The maximum Gasteiger partial charge on any atom is 0.269 e. The fourth-order valence-corrected chi connectivity index (χ4v) is 7.55. The summed E-state index contributed by atoms with van der Waals surface area (Å²) in [6.07, 6.45) is 1.80. The number of benzene rings is 2. The number of nitrogens with one attached hydrogen (secondary N) is 1. The van der Waals surface area contributed by atoms with Gasteiger partial charge in [-0.2, -0.15) is 4.31 Å². The molecule has 170 valence electrons. The van der Waals surface area contributed by atoms with Crippen LogP contribution in [-0.4, -0.2) is 36.7 Å². The molecule has 1 amide bonds. The van der Waals surface area contributed by atoms with Gasteiger partial charge in [0.2, 0.25) is 10.0 Å². The lowest BCUT2D eigenvalue weighted by atomic mass is 10.2. The first-order valence-corrected chi connectivity index (χ1v) is 13.9. The van der Waals surface area contributed by atoms with Crippen LogP contribution in [0.3, 0.4) is 0 Å². The van der Waals surface area contributed by atoms with Gasteiger partial charge < -0.3 is 0 Å². The van der Waals surface area contributed by atoms with Crippen molar-refractivity contribution in [3.63, 3.8) is 0 Å². The van der Waals surface area contributed by atoms with Crippen LogP contribution in [0.1, 0.15) is 28.1 Å². The van der Waals surface area contributed by atoms with Crippen molar-refractivity contribution in [1.29, 1.82) is 0 Å². The number of hydrogen-bond acceptors (Lipinski definition) is 6. The Morgan fingerprint density at radius 3 is 2.58 bits per heavy atom. The highest BCUT2D eigenvalue weighted by atomic mass is 35.5. The Labute approximate surface area is 204 Å². The van der Waals surface area contributed by atoms with Crippen molar-refractivity contribution in [2.24, 2.45) is 0 Å². The highest BCUT2D eigenvalue weighted by molar-refractivity contribution is 7.89. The normalized spacial score (nSPS) is 14.7. The monoisotopic (exact) mass is 517 g/mol. The van der Waals surface area contributed by atoms with E-state index in [4.69, 9.17) is 11.6 Å². The number of carbonyl (C=O) groups excluding carboxylic acids is 1. The molecule has 0 spiro atoms. The first-order valence-electron chi connectivity index (χ1n) is 10.4. The zero-order chi connectivity index (χ0) is 23.2. The van der Waals surface area contributed by atoms with Crippen LogP contribution in [-0.2, 0) is 10.0 Å². The van der Waals surface area contributed by atoms with Gasteiger partial charge >= 0.3 is 0 Å². The number of aryl methyl sites for hydroxylation is 1. The maximum atomic E-state index is 12.8. The van der Waals surface area contributed by atoms with Crippen molar-refractivity contribution in [3.05, 3.63) is 63.3 Å². The second-order valence-electron chi connectivity index (χ2n) is 7.87. The highest BCUT2D eigenvalue weighted by Crippen LogP contribution is 2.36. The van der Waals surface area contributed by atoms with E-state index in [-0.39, 0.29) is 10.8 Å². The SMILES string of the molecule is Cc1ccc2c(Cl)c(C(=O)Nc3nc(-c4ccc(S(=O)(=O)N5CCCC5)cc4)cs3)sc2c1. The van der Waals surface area contributed by atoms with E-state index in [1.165, 1.54) is 27.0 Å². The van der Waals surface area contributed by atoms with E-state index >= 15 is 0 Å². The van der Waals surface area contributed by atoms with Gasteiger partial charge in [0.1, 0.15) is 4.88 Å². The van der Waals surface area contributed by atoms with Crippen molar-refractivity contribution in [3.8, 4) is 11.3 Å². The van der Waals surface area contributed by atoms with Gasteiger partial charge in [0.25, 0.3) is 5.91 Å². The molecule has 5 rings (SSSR count). The molecule has 2 aromatic carbocycles. The minimum absolute atomic E-state index is 0.284. The Kier molecular flexibility index (Phi) is 6.00. The average Bonchev–Trinajstić information content (AvgIpc) is 3.55. The topological polar surface area (TPSA) is 79.4 Å². The molecule has 0 radical (unpaired) electrons. The molecule has 1 aliphatic heterocycles. The lowest BCUT2D eigenvalue weighted by Gasteiger charge is -2.15. The fraction of sp³-hybridized carbons (Fsp3) is 0.217. The summed E-state index contributed by atoms with van der Waals surface area (Å²) in [4.78, 5) is 18.1. The summed E-state index contributed by atoms with van der Waals surface area (Å²) in [6.45, 7) is 3.14. The second-order valence-corrected chi connectivity index (χ2v) is 12.1. The lowest BCUT2D eigenvalue weighted by molar-refractivity contribution is 0.103. The van der Waals surface area contributed by atoms with E-state index in [0.717, 1.165) is 34.1 Å². The maximum absolute atomic E-state index is 12.8. The molecule has 3 heterocycles. The van der Waals surface area contributed by atoms with E-state index < -0.39 is 10.0 Å². The number of amides is 1. The standard InChI is InChI=1S/C23H20ClN3O3S3/c1-14-4-9-17-19(12-14)32-21(20(17)24)22(28)26-23-25-18(13-31-23)15-5-7-16(8-6-15)33(29,30)27-10-2-3-11-27/h4-9,12-13H,2-3,10-11H2,1H3,(H,25,26,28). The van der Waals surface area contributed by atoms with Crippen LogP contribution in [0.15, 0.2) is 52.7 Å². The zero-order valence-corrected chi connectivity index (χ0v) is 20.9. The number of thiazole rings is 1. The summed E-state index contributed by atoms with van der Waals surface area (Å²) in [5.74, 6) is -0.299. The van der Waals surface area contributed by atoms with Crippen LogP contribution >= 0.6 is 34.3 Å². The molecular formula is C23H20ClN3O3S3. The lowest BCUT2D eigenvalue weighted by Crippen LogP contribution is -2.27. The minimum atomic E-state index is -3.45. The largest absolute Gasteiger partial charge is 0.297 e. The molecule has 1 N–H and O–H groups in total. The Bertz CT molecular complexity index is 1450. The van der Waals surface area contributed by atoms with Crippen molar-refractivity contribution in [2.45, 2.75) is 24.7 Å². The van der Waals surface area contributed by atoms with Gasteiger partial charge in [0.05, 0.1) is 15.6 Å². The molecule has 0 bridgehead atoms. The van der Waals surface area contributed by atoms with Gasteiger partial charge in [0, 0.05) is 34.1 Å². The third-order valence-corrected chi connectivity index (χ3v) is 9.90. The molecule has 4 aromatic rings. The van der Waals surface area contributed by atoms with Gasteiger partial charge in [-0.1, -0.05) is 35.9 Å². The molecule has 2 aromatic heterocycles. The Morgan fingerprint density at radius 2 is 1.85 bits per heavy atom. The fourth-order valence-electron chi connectivity index (χ4n) is 3.81. The zero-order valence-electron chi connectivity index (χ0n) is 17.7. The van der Waals surface area contributed by atoms with Gasteiger partial charge in [0.15, 0.2) is 5.13 Å². The number of nitrogens with zero attached hydrogens (tertiary/aromatic N) is 2. The van der Waals surface area contributed by atoms with Crippen LogP contribution in [0.4, 0.5) is 5.13 Å². The Morgan fingerprint density at radius 1 is 1.12 bits per heavy atom. The van der Waals surface area contributed by atoms with Crippen LogP contribution in [0.25, 0.3) is 21.3 Å². The van der Waals surface area contributed by atoms with E-state index in [1.807, 2.05) is 30.5 Å². The van der Waals surface area contributed by atoms with Crippen molar-refractivity contribution < 1.29 is 13.2 Å². The minimum Gasteiger partial charge on any atom is -0.297 e. The van der Waals surface area contributed by atoms with E-state index in [2.05, 4.69) is 10.3 Å². The first kappa shape index (κ1) is 22.5. The van der Waals surface area contributed by atoms with Crippen LogP contribution in [0, 0.1) is 6.92 Å². The van der Waals surface area contributed by atoms with Gasteiger partial charge in [-0.15, -0.1) is 22.7 Å². The molecule has 0 unspecified atom stereocenters. The highest BCUT2D eigenvalue weighted by Gasteiger charge is 2.27. The average molecular weight is 518 g/mol. The van der Waals surface area contributed by atoms with Gasteiger partial charge in [-0.25, -0.2) is 13.4 Å². The third-order valence-electron chi connectivity index (χ3n) is 5.57. The van der Waals surface area contributed by atoms with E-state index in [9.17, 15) is 13.2 Å². The first-order chi connectivity index (χ1) is 15.8. The summed E-state index contributed by atoms with van der Waals surface area (Å²) in [5.41, 5.74) is 2.55. The van der Waals surface area contributed by atoms with Crippen LogP contribution in [0.2, 0.25) is 5.02 Å². The molecule has 1 aliphatic rings. The molecular weight excluding hydrogens is 498 g/mol. The molecule has 0 aliphatic carbocycles. The number of anilines is 1. The summed E-state index contributed by atoms with van der Waals surface area (Å²) in [5, 5.41) is 6.42. The quantitative estimate of drug-likeness (QED) is 0.351. The van der Waals surface area contributed by atoms with E-state index in [0.29, 0.717) is 33.8 Å². The number of fused-ring (bicyclic) bond motifs is 1. The number of rotatable bonds is 5. The molecule has 0 saturated carbocycles. The molecule has 10 heteroatoms. The molecule has 6 nitrogen and oxygen atoms in total. The van der Waals surface area contributed by atoms with Crippen LogP contribution in [0.5, 0.6) is 0 Å². The number of thiophene rings is 1. The predicted octanol–water partition coefficient (Wildman–Crippen LogP) is 6.02. The Hall–Kier alpha value is -2.30. The number of halogens is 1. The van der Waals surface area contributed by atoms with Gasteiger partial charge in [-0.3, -0.25) is 10.1 Å². The molecule has 0 atom stereocenters. The summed E-state index contributed by atoms with van der Waals surface area (Å²) < 4.78 is 27.9. The number of aromatic nitrogens is 1. The number of carbonyl (C=O) groups is 1. The molecule has 1 saturated heterocycles. The summed E-state index contributed by atoms with van der Waals surface area (Å²) in [7, 11) is -3.45. The molecule has 33 heavy (non-hydrogen) atoms. The summed E-state index contributed by atoms with van der Waals surface area (Å²) >= 11 is 9.11. The summed E-state index contributed by atoms with van der Waals surface area (Å²) in [6, 6.07) is 12.6. The van der Waals surface area contributed by atoms with Crippen molar-refractivity contribution >= 4 is 65.4 Å². The third kappa shape index (κ3) is 4.31. The van der Waals surface area contributed by atoms with Crippen molar-refractivity contribution in [1.82, 2.24) is 9.29 Å². The smallest absolute Gasteiger partial charge is 0.269 e. The Balaban J connectivity index is 1.33. The second kappa shape index (κ2) is 8.81. The number of hydrogen-bond donors (Lipinski definition) is 1. The predicted molar refractivity (Wildman–Crippen MR) is 135 cm³/mol. The van der Waals surface area contributed by atoms with Crippen LogP contribution < -0.4 is 5.32 Å². The van der Waals surface area contributed by atoms with Crippen molar-refractivity contribution in [2.75, 3.05) is 18.4 Å². The molecule has 1 fully saturated rings.